The van der Waals surface area contributed by atoms with E-state index in [2.05, 4.69) is 5.10 Å². The number of nitrogens with zero attached hydrogens (tertiary/aromatic N) is 2. The van der Waals surface area contributed by atoms with E-state index in [-0.39, 0.29) is 13.4 Å². The monoisotopic (exact) mass is 336 g/mol. The smallest absolute Gasteiger partial charge is 0.341 e. The van der Waals surface area contributed by atoms with Crippen LogP contribution in [0.5, 0.6) is 11.5 Å². The molecule has 0 bridgehead atoms. The number of hydrogen-bond donors (Lipinski definition) is 0. The van der Waals surface area contributed by atoms with Crippen LogP contribution in [0.25, 0.3) is 0 Å². The van der Waals surface area contributed by atoms with Gasteiger partial charge in [-0.3, -0.25) is 4.68 Å². The van der Waals surface area contributed by atoms with Crippen LogP contribution in [0.1, 0.15) is 21.5 Å². The number of benzene rings is 2. The number of aromatic nitrogens is 2. The van der Waals surface area contributed by atoms with E-state index < -0.39 is 5.97 Å². The van der Waals surface area contributed by atoms with Gasteiger partial charge in [-0.1, -0.05) is 36.4 Å². The predicted molar refractivity (Wildman–Crippen MR) is 89.5 cm³/mol. The molecule has 0 saturated heterocycles. The largest absolute Gasteiger partial charge is 0.457 e. The Morgan fingerprint density at radius 3 is 2.80 bits per heavy atom. The maximum atomic E-state index is 12.2. The summed E-state index contributed by atoms with van der Waals surface area (Å²) in [5.74, 6) is 0.971. The lowest BCUT2D eigenvalue weighted by Gasteiger charge is -2.04. The second-order valence-corrected chi connectivity index (χ2v) is 5.68. The quantitative estimate of drug-likeness (QED) is 0.670. The number of rotatable bonds is 5. The summed E-state index contributed by atoms with van der Waals surface area (Å²) in [5, 5.41) is 4.21. The van der Waals surface area contributed by atoms with Crippen LogP contribution in [-0.2, 0) is 17.9 Å². The first-order valence-corrected chi connectivity index (χ1v) is 7.90. The van der Waals surface area contributed by atoms with Gasteiger partial charge >= 0.3 is 5.97 Å². The van der Waals surface area contributed by atoms with Gasteiger partial charge in [0, 0.05) is 6.20 Å². The Kier molecular flexibility index (Phi) is 4.08. The molecule has 0 amide bonds. The molecule has 0 saturated carbocycles. The molecule has 6 heteroatoms. The van der Waals surface area contributed by atoms with Crippen LogP contribution in [-0.4, -0.2) is 22.5 Å². The normalized spacial score (nSPS) is 12.2. The zero-order valence-electron chi connectivity index (χ0n) is 13.4. The van der Waals surface area contributed by atoms with Gasteiger partial charge in [-0.25, -0.2) is 4.79 Å². The molecule has 1 aliphatic rings. The lowest BCUT2D eigenvalue weighted by molar-refractivity contribution is 0.0472. The number of esters is 1. The van der Waals surface area contributed by atoms with Crippen LogP contribution < -0.4 is 9.47 Å². The van der Waals surface area contributed by atoms with Crippen LogP contribution in [0.15, 0.2) is 60.9 Å². The highest BCUT2D eigenvalue weighted by molar-refractivity contribution is 5.88. The van der Waals surface area contributed by atoms with Gasteiger partial charge in [0.2, 0.25) is 6.79 Å². The molecule has 0 radical (unpaired) electrons. The lowest BCUT2D eigenvalue weighted by atomic mass is 10.2. The molecule has 1 aromatic heterocycles. The third kappa shape index (κ3) is 3.47. The van der Waals surface area contributed by atoms with Gasteiger partial charge in [0.05, 0.1) is 18.3 Å². The molecule has 2 heterocycles. The minimum Gasteiger partial charge on any atom is -0.457 e. The summed E-state index contributed by atoms with van der Waals surface area (Å²) in [6.45, 7) is 0.995. The fourth-order valence-electron chi connectivity index (χ4n) is 2.59. The number of ether oxygens (including phenoxy) is 3. The summed E-state index contributed by atoms with van der Waals surface area (Å²) in [7, 11) is 0. The molecule has 2 aromatic carbocycles. The minimum absolute atomic E-state index is 0.166. The van der Waals surface area contributed by atoms with Crippen molar-refractivity contribution >= 4 is 5.97 Å². The number of fused-ring (bicyclic) bond motifs is 1. The fraction of sp³-hybridized carbons (Fsp3) is 0.158. The summed E-state index contributed by atoms with van der Waals surface area (Å²) in [5.41, 5.74) is 2.39. The molecule has 1 aliphatic heterocycles. The van der Waals surface area contributed by atoms with Crippen molar-refractivity contribution in [1.29, 1.82) is 0 Å². The Bertz CT molecular complexity index is 889. The van der Waals surface area contributed by atoms with Crippen LogP contribution in [0.4, 0.5) is 0 Å². The Morgan fingerprint density at radius 1 is 1.08 bits per heavy atom. The van der Waals surface area contributed by atoms with Crippen molar-refractivity contribution in [3.8, 4) is 11.5 Å². The molecular weight excluding hydrogens is 320 g/mol. The summed E-state index contributed by atoms with van der Waals surface area (Å²) < 4.78 is 17.6. The molecular formula is C19H16N2O4. The average Bonchev–Trinajstić information content (AvgIpc) is 3.29. The highest BCUT2D eigenvalue weighted by Gasteiger charge is 2.15. The van der Waals surface area contributed by atoms with Crippen LogP contribution in [0, 0.1) is 0 Å². The number of carbonyl (C=O) groups excluding carboxylic acids is 1. The van der Waals surface area contributed by atoms with Gasteiger partial charge in [-0.2, -0.15) is 5.10 Å². The van der Waals surface area contributed by atoms with E-state index >= 15 is 0 Å². The van der Waals surface area contributed by atoms with Crippen LogP contribution in [0.3, 0.4) is 0 Å². The van der Waals surface area contributed by atoms with Gasteiger partial charge in [-0.05, 0) is 23.3 Å². The van der Waals surface area contributed by atoms with Crippen molar-refractivity contribution in [2.75, 3.05) is 6.79 Å². The molecule has 25 heavy (non-hydrogen) atoms. The first-order valence-electron chi connectivity index (χ1n) is 7.90. The Balaban J connectivity index is 1.37. The van der Waals surface area contributed by atoms with Gasteiger partial charge in [0.25, 0.3) is 0 Å². The van der Waals surface area contributed by atoms with E-state index in [1.54, 1.807) is 10.9 Å². The van der Waals surface area contributed by atoms with Gasteiger partial charge in [0.1, 0.15) is 6.61 Å². The van der Waals surface area contributed by atoms with Crippen molar-refractivity contribution in [3.05, 3.63) is 77.6 Å². The number of hydrogen-bond acceptors (Lipinski definition) is 5. The molecule has 4 rings (SSSR count). The van der Waals surface area contributed by atoms with Crippen LogP contribution >= 0.6 is 0 Å². The molecule has 126 valence electrons. The third-order valence-corrected chi connectivity index (χ3v) is 3.86. The average molecular weight is 336 g/mol. The van der Waals surface area contributed by atoms with Crippen molar-refractivity contribution in [2.45, 2.75) is 13.2 Å². The summed E-state index contributed by atoms with van der Waals surface area (Å²) in [6.07, 6.45) is 3.21. The molecule has 0 spiro atoms. The third-order valence-electron chi connectivity index (χ3n) is 3.86. The molecule has 0 N–H and O–H groups in total. The van der Waals surface area contributed by atoms with E-state index in [4.69, 9.17) is 14.2 Å². The number of carbonyl (C=O) groups is 1. The molecule has 3 aromatic rings. The Hall–Kier alpha value is -3.28. The van der Waals surface area contributed by atoms with Gasteiger partial charge in [-0.15, -0.1) is 0 Å². The first-order chi connectivity index (χ1) is 12.3. The Morgan fingerprint density at radius 2 is 1.92 bits per heavy atom. The minimum atomic E-state index is -0.406. The summed E-state index contributed by atoms with van der Waals surface area (Å²) in [4.78, 5) is 12.2. The van der Waals surface area contributed by atoms with Crippen molar-refractivity contribution in [3.63, 3.8) is 0 Å². The maximum Gasteiger partial charge on any atom is 0.341 e. The van der Waals surface area contributed by atoms with E-state index in [0.29, 0.717) is 23.6 Å². The van der Waals surface area contributed by atoms with Gasteiger partial charge < -0.3 is 14.2 Å². The molecule has 0 unspecified atom stereocenters. The lowest BCUT2D eigenvalue weighted by Crippen LogP contribution is -2.05. The molecule has 0 fully saturated rings. The zero-order valence-corrected chi connectivity index (χ0v) is 13.4. The standard InChI is InChI=1S/C19H16N2O4/c22-19(23-12-15-6-7-17-18(8-15)25-13-24-17)16-9-20-21(11-16)10-14-4-2-1-3-5-14/h1-9,11H,10,12-13H2. The van der Waals surface area contributed by atoms with Crippen molar-refractivity contribution in [1.82, 2.24) is 9.78 Å². The maximum absolute atomic E-state index is 12.2. The zero-order chi connectivity index (χ0) is 17.1. The molecule has 0 atom stereocenters. The molecule has 0 aliphatic carbocycles. The van der Waals surface area contributed by atoms with E-state index in [9.17, 15) is 4.79 Å². The SMILES string of the molecule is O=C(OCc1ccc2c(c1)OCO2)c1cnn(Cc2ccccc2)c1. The van der Waals surface area contributed by atoms with E-state index in [1.165, 1.54) is 6.20 Å². The molecule has 6 nitrogen and oxygen atoms in total. The van der Waals surface area contributed by atoms with Crippen molar-refractivity contribution < 1.29 is 19.0 Å². The first kappa shape index (κ1) is 15.3. The summed E-state index contributed by atoms with van der Waals surface area (Å²) in [6, 6.07) is 15.4. The summed E-state index contributed by atoms with van der Waals surface area (Å²) >= 11 is 0. The highest BCUT2D eigenvalue weighted by Crippen LogP contribution is 2.32. The van der Waals surface area contributed by atoms with Crippen LogP contribution in [0.2, 0.25) is 0 Å². The highest BCUT2D eigenvalue weighted by atomic mass is 16.7. The van der Waals surface area contributed by atoms with Gasteiger partial charge in [0.15, 0.2) is 11.5 Å². The second-order valence-electron chi connectivity index (χ2n) is 5.68. The predicted octanol–water partition coefficient (Wildman–Crippen LogP) is 3.02. The van der Waals surface area contributed by atoms with Crippen molar-refractivity contribution in [2.24, 2.45) is 0 Å². The van der Waals surface area contributed by atoms with E-state index in [1.807, 2.05) is 48.5 Å². The van der Waals surface area contributed by atoms with E-state index in [0.717, 1.165) is 11.1 Å². The topological polar surface area (TPSA) is 62.6 Å². The Labute approximate surface area is 144 Å². The fourth-order valence-corrected chi connectivity index (χ4v) is 2.59. The second kappa shape index (κ2) is 6.68.